The van der Waals surface area contributed by atoms with Crippen molar-refractivity contribution in [3.05, 3.63) is 99.8 Å². The van der Waals surface area contributed by atoms with Crippen LogP contribution < -0.4 is 0 Å². The van der Waals surface area contributed by atoms with Crippen molar-refractivity contribution < 1.29 is 33.3 Å². The van der Waals surface area contributed by atoms with Gasteiger partial charge in [0.2, 0.25) is 0 Å². The molecule has 0 amide bonds. The average molecular weight is 585 g/mol. The fraction of sp³-hybridized carbons (Fsp3) is 0.355. The molecule has 2 N–H and O–H groups in total. The second kappa shape index (κ2) is 15.0. The van der Waals surface area contributed by atoms with Crippen LogP contribution in [0.15, 0.2) is 72.1 Å². The molecule has 2 saturated heterocycles. The molecule has 2 atom stereocenters. The highest BCUT2D eigenvalue weighted by Crippen LogP contribution is 2.31. The molecule has 2 aromatic carbocycles. The number of carboxylic acids is 2. The SMILES string of the molecule is Fc1ccc(C(OCCN2CCC3CCC(C2)N3C/C=C/c2cccs2)c2ccc(F)cc2)cc1.O=C(O)C(=O)O. The molecule has 0 saturated carbocycles. The number of fused-ring (bicyclic) bond motifs is 2. The normalized spacial score (nSPS) is 19.2. The second-order valence-electron chi connectivity index (χ2n) is 10.1. The first-order valence-electron chi connectivity index (χ1n) is 13.6. The minimum Gasteiger partial charge on any atom is -0.473 e. The molecule has 2 aliphatic rings. The van der Waals surface area contributed by atoms with E-state index in [1.165, 1.54) is 48.4 Å². The van der Waals surface area contributed by atoms with Gasteiger partial charge in [0.1, 0.15) is 17.7 Å². The number of hydrogen-bond donors (Lipinski definition) is 2. The quantitative estimate of drug-likeness (QED) is 0.319. The molecule has 1 aromatic heterocycles. The smallest absolute Gasteiger partial charge is 0.414 e. The van der Waals surface area contributed by atoms with Crippen molar-refractivity contribution in [2.24, 2.45) is 0 Å². The average Bonchev–Trinajstić information content (AvgIpc) is 3.56. The highest BCUT2D eigenvalue weighted by atomic mass is 32.1. The number of rotatable bonds is 9. The van der Waals surface area contributed by atoms with Crippen LogP contribution in [0, 0.1) is 11.6 Å². The summed E-state index contributed by atoms with van der Waals surface area (Å²) in [5.74, 6) is -4.20. The van der Waals surface area contributed by atoms with Crippen LogP contribution in [-0.4, -0.2) is 76.8 Å². The summed E-state index contributed by atoms with van der Waals surface area (Å²) in [5, 5.41) is 16.9. The van der Waals surface area contributed by atoms with E-state index in [0.717, 1.165) is 37.3 Å². The topological polar surface area (TPSA) is 90.3 Å². The van der Waals surface area contributed by atoms with Gasteiger partial charge in [0, 0.05) is 36.6 Å². The molecule has 10 heteroatoms. The third-order valence-corrected chi connectivity index (χ3v) is 8.22. The monoisotopic (exact) mass is 584 g/mol. The molecule has 2 fully saturated rings. The predicted octanol–water partition coefficient (Wildman–Crippen LogP) is 5.54. The molecule has 0 radical (unpaired) electrons. The number of benzene rings is 2. The summed E-state index contributed by atoms with van der Waals surface area (Å²) in [6.45, 7) is 4.56. The molecule has 2 aliphatic heterocycles. The summed E-state index contributed by atoms with van der Waals surface area (Å²) >= 11 is 1.78. The highest BCUT2D eigenvalue weighted by Gasteiger charge is 2.36. The van der Waals surface area contributed by atoms with Gasteiger partial charge in [0.25, 0.3) is 0 Å². The molecular formula is C31H34F2N2O5S. The van der Waals surface area contributed by atoms with Gasteiger partial charge < -0.3 is 14.9 Å². The van der Waals surface area contributed by atoms with Gasteiger partial charge in [0.15, 0.2) is 0 Å². The van der Waals surface area contributed by atoms with Crippen molar-refractivity contribution >= 4 is 29.4 Å². The van der Waals surface area contributed by atoms with Crippen molar-refractivity contribution in [1.82, 2.24) is 9.80 Å². The fourth-order valence-electron chi connectivity index (χ4n) is 5.38. The predicted molar refractivity (Wildman–Crippen MR) is 154 cm³/mol. The highest BCUT2D eigenvalue weighted by molar-refractivity contribution is 7.10. The van der Waals surface area contributed by atoms with Crippen LogP contribution in [0.5, 0.6) is 0 Å². The first-order chi connectivity index (χ1) is 19.8. The van der Waals surface area contributed by atoms with Crippen LogP contribution in [0.2, 0.25) is 0 Å². The largest absolute Gasteiger partial charge is 0.473 e. The summed E-state index contributed by atoms with van der Waals surface area (Å²) in [7, 11) is 0. The molecule has 3 heterocycles. The summed E-state index contributed by atoms with van der Waals surface area (Å²) in [6, 6.07) is 18.3. The van der Waals surface area contributed by atoms with Crippen LogP contribution in [0.4, 0.5) is 8.78 Å². The van der Waals surface area contributed by atoms with E-state index in [0.29, 0.717) is 18.7 Å². The van der Waals surface area contributed by atoms with Gasteiger partial charge in [-0.3, -0.25) is 9.80 Å². The maximum Gasteiger partial charge on any atom is 0.414 e. The molecule has 2 bridgehead atoms. The van der Waals surface area contributed by atoms with E-state index < -0.39 is 11.9 Å². The Labute approximate surface area is 242 Å². The molecule has 2 unspecified atom stereocenters. The molecular weight excluding hydrogens is 550 g/mol. The van der Waals surface area contributed by atoms with Crippen LogP contribution in [0.3, 0.4) is 0 Å². The van der Waals surface area contributed by atoms with Gasteiger partial charge in [0.05, 0.1) is 6.61 Å². The van der Waals surface area contributed by atoms with E-state index >= 15 is 0 Å². The van der Waals surface area contributed by atoms with Crippen molar-refractivity contribution in [1.29, 1.82) is 0 Å². The number of likely N-dealkylation sites (tertiary alicyclic amines) is 1. The lowest BCUT2D eigenvalue weighted by molar-refractivity contribution is -0.159. The minimum absolute atomic E-state index is 0.277. The van der Waals surface area contributed by atoms with Crippen molar-refractivity contribution in [2.45, 2.75) is 37.5 Å². The fourth-order valence-corrected chi connectivity index (χ4v) is 6.03. The lowest BCUT2D eigenvalue weighted by atomic mass is 10.0. The van der Waals surface area contributed by atoms with Gasteiger partial charge in [-0.15, -0.1) is 11.3 Å². The maximum atomic E-state index is 13.5. The number of carbonyl (C=O) groups is 2. The Balaban J connectivity index is 0.000000585. The Bertz CT molecular complexity index is 1230. The molecule has 5 rings (SSSR count). The summed E-state index contributed by atoms with van der Waals surface area (Å²) in [6.07, 6.45) is 7.93. The molecule has 0 aliphatic carbocycles. The second-order valence-corrected chi connectivity index (χ2v) is 11.0. The van der Waals surface area contributed by atoms with Crippen LogP contribution in [0.25, 0.3) is 6.08 Å². The lowest BCUT2D eigenvalue weighted by Crippen LogP contribution is -2.40. The number of nitrogens with zero attached hydrogens (tertiary/aromatic N) is 2. The summed E-state index contributed by atoms with van der Waals surface area (Å²) in [5.41, 5.74) is 1.74. The standard InChI is InChI=1S/C29H32F2N2OS.C2H2O4/c30-24-9-5-22(6-10-24)29(23-7-11-25(31)12-8-23)34-19-18-32-17-15-26-13-14-27(21-32)33(26)16-1-3-28-4-2-20-35-28;3-1(4)2(5)6/h1-12,20,26-27,29H,13-19,21H2;(H,3,4)(H,5,6)/b3-1+;. The van der Waals surface area contributed by atoms with Crippen molar-refractivity contribution in [3.8, 4) is 0 Å². The van der Waals surface area contributed by atoms with Gasteiger partial charge in [-0.05, 0) is 78.7 Å². The van der Waals surface area contributed by atoms with Gasteiger partial charge >= 0.3 is 11.9 Å². The van der Waals surface area contributed by atoms with E-state index in [4.69, 9.17) is 24.5 Å². The molecule has 0 spiro atoms. The third kappa shape index (κ3) is 9.02. The van der Waals surface area contributed by atoms with E-state index in [1.807, 2.05) is 0 Å². The van der Waals surface area contributed by atoms with Gasteiger partial charge in [-0.1, -0.05) is 36.4 Å². The molecule has 218 valence electrons. The number of aliphatic carboxylic acids is 2. The number of hydrogen-bond acceptors (Lipinski definition) is 6. The van der Waals surface area contributed by atoms with E-state index in [1.54, 1.807) is 35.6 Å². The van der Waals surface area contributed by atoms with Crippen LogP contribution in [-0.2, 0) is 14.3 Å². The number of ether oxygens (including phenoxy) is 1. The van der Waals surface area contributed by atoms with Crippen LogP contribution >= 0.6 is 11.3 Å². The zero-order chi connectivity index (χ0) is 29.2. The molecule has 3 aromatic rings. The Morgan fingerprint density at radius 1 is 0.927 bits per heavy atom. The van der Waals surface area contributed by atoms with E-state index in [9.17, 15) is 8.78 Å². The number of thiophene rings is 1. The first-order valence-corrected chi connectivity index (χ1v) is 14.4. The Hall–Kier alpha value is -3.44. The van der Waals surface area contributed by atoms with E-state index in [-0.39, 0.29) is 17.7 Å². The van der Waals surface area contributed by atoms with Gasteiger partial charge in [-0.25, -0.2) is 18.4 Å². The Kier molecular flexibility index (Phi) is 11.1. The van der Waals surface area contributed by atoms with Crippen LogP contribution in [0.1, 0.15) is 41.4 Å². The van der Waals surface area contributed by atoms with E-state index in [2.05, 4.69) is 39.5 Å². The zero-order valence-electron chi connectivity index (χ0n) is 22.6. The first kappa shape index (κ1) is 30.5. The maximum absolute atomic E-state index is 13.5. The third-order valence-electron chi connectivity index (χ3n) is 7.38. The number of carboxylic acid groups (broad SMARTS) is 2. The number of halogens is 2. The minimum atomic E-state index is -1.82. The summed E-state index contributed by atoms with van der Waals surface area (Å²) < 4.78 is 33.3. The molecule has 41 heavy (non-hydrogen) atoms. The Morgan fingerprint density at radius 2 is 1.54 bits per heavy atom. The lowest BCUT2D eigenvalue weighted by Gasteiger charge is -2.28. The van der Waals surface area contributed by atoms with Crippen molar-refractivity contribution in [3.63, 3.8) is 0 Å². The van der Waals surface area contributed by atoms with Gasteiger partial charge in [-0.2, -0.15) is 0 Å². The summed E-state index contributed by atoms with van der Waals surface area (Å²) in [4.78, 5) is 24.7. The molecule has 7 nitrogen and oxygen atoms in total. The Morgan fingerprint density at radius 3 is 2.10 bits per heavy atom. The zero-order valence-corrected chi connectivity index (χ0v) is 23.4. The van der Waals surface area contributed by atoms with Crippen molar-refractivity contribution in [2.75, 3.05) is 32.8 Å².